The molecular weight excluding hydrogens is 231 g/mol. The first-order chi connectivity index (χ1) is 6.15. The number of halogens is 2. The molecule has 15 heavy (non-hydrogen) atoms. The summed E-state index contributed by atoms with van der Waals surface area (Å²) in [6.07, 6.45) is 1.74. The van der Waals surface area contributed by atoms with Gasteiger partial charge >= 0.3 is 0 Å². The molecule has 0 aliphatic rings. The van der Waals surface area contributed by atoms with Gasteiger partial charge in [-0.15, -0.1) is 31.4 Å². The van der Waals surface area contributed by atoms with Crippen LogP contribution in [0, 0.1) is 0 Å². The van der Waals surface area contributed by atoms with E-state index in [9.17, 15) is 0 Å². The van der Waals surface area contributed by atoms with E-state index in [1.165, 1.54) is 5.69 Å². The van der Waals surface area contributed by atoms with Crippen molar-refractivity contribution in [2.24, 2.45) is 5.73 Å². The lowest BCUT2D eigenvalue weighted by atomic mass is 10.1. The Morgan fingerprint density at radius 3 is 2.00 bits per heavy atom. The molecule has 1 atom stereocenters. The Hall–Kier alpha value is -0.700. The molecule has 0 saturated carbocycles. The van der Waals surface area contributed by atoms with Crippen molar-refractivity contribution in [3.8, 4) is 0 Å². The molecule has 4 heteroatoms. The molecule has 0 heterocycles. The minimum Gasteiger partial charge on any atom is -0.378 e. The van der Waals surface area contributed by atoms with E-state index in [2.05, 4.69) is 23.6 Å². The molecule has 1 rings (SSSR count). The Morgan fingerprint density at radius 2 is 1.67 bits per heavy atom. The average molecular weight is 249 g/mol. The van der Waals surface area contributed by atoms with Crippen molar-refractivity contribution in [3.05, 3.63) is 42.5 Å². The Labute approximate surface area is 104 Å². The van der Waals surface area contributed by atoms with Crippen molar-refractivity contribution in [3.63, 3.8) is 0 Å². The van der Waals surface area contributed by atoms with Gasteiger partial charge in [0.05, 0.1) is 0 Å². The van der Waals surface area contributed by atoms with E-state index in [4.69, 9.17) is 5.73 Å². The fraction of sp³-hybridized carbons (Fsp3) is 0.273. The zero-order chi connectivity index (χ0) is 9.84. The maximum absolute atomic E-state index is 5.79. The van der Waals surface area contributed by atoms with Crippen molar-refractivity contribution in [1.82, 2.24) is 0 Å². The summed E-state index contributed by atoms with van der Waals surface area (Å²) in [6.45, 7) is 3.66. The van der Waals surface area contributed by atoms with Crippen molar-refractivity contribution in [1.29, 1.82) is 0 Å². The SMILES string of the molecule is C=C[C@H](N)c1ccc(N(C)C)cc1.Cl.Cl. The highest BCUT2D eigenvalue weighted by Gasteiger charge is 2.00. The molecule has 0 radical (unpaired) electrons. The Balaban J connectivity index is 0. The van der Waals surface area contributed by atoms with Crippen LogP contribution in [-0.4, -0.2) is 14.1 Å². The number of rotatable bonds is 3. The quantitative estimate of drug-likeness (QED) is 0.834. The van der Waals surface area contributed by atoms with Crippen LogP contribution in [0.3, 0.4) is 0 Å². The van der Waals surface area contributed by atoms with Gasteiger partial charge in [-0.1, -0.05) is 18.2 Å². The zero-order valence-electron chi connectivity index (χ0n) is 9.01. The summed E-state index contributed by atoms with van der Waals surface area (Å²) in [4.78, 5) is 2.06. The third-order valence-electron chi connectivity index (χ3n) is 2.05. The highest BCUT2D eigenvalue weighted by Crippen LogP contribution is 2.16. The van der Waals surface area contributed by atoms with Gasteiger partial charge in [0.1, 0.15) is 0 Å². The molecule has 0 fully saturated rings. The third-order valence-corrected chi connectivity index (χ3v) is 2.05. The van der Waals surface area contributed by atoms with E-state index >= 15 is 0 Å². The fourth-order valence-electron chi connectivity index (χ4n) is 1.13. The zero-order valence-corrected chi connectivity index (χ0v) is 10.6. The lowest BCUT2D eigenvalue weighted by Gasteiger charge is -2.13. The predicted molar refractivity (Wildman–Crippen MR) is 72.4 cm³/mol. The van der Waals surface area contributed by atoms with Crippen molar-refractivity contribution in [2.75, 3.05) is 19.0 Å². The summed E-state index contributed by atoms with van der Waals surface area (Å²) >= 11 is 0. The van der Waals surface area contributed by atoms with Crippen LogP contribution >= 0.6 is 24.8 Å². The summed E-state index contributed by atoms with van der Waals surface area (Å²) in [5.74, 6) is 0. The second kappa shape index (κ2) is 7.57. The van der Waals surface area contributed by atoms with Crippen LogP contribution in [0.15, 0.2) is 36.9 Å². The van der Waals surface area contributed by atoms with Crippen LogP contribution in [0.25, 0.3) is 0 Å². The number of hydrogen-bond acceptors (Lipinski definition) is 2. The Morgan fingerprint density at radius 1 is 1.20 bits per heavy atom. The highest BCUT2D eigenvalue weighted by molar-refractivity contribution is 5.85. The normalized spacial score (nSPS) is 10.6. The summed E-state index contributed by atoms with van der Waals surface area (Å²) in [5.41, 5.74) is 8.07. The van der Waals surface area contributed by atoms with E-state index in [0.717, 1.165) is 5.56 Å². The Bertz CT molecular complexity index is 283. The van der Waals surface area contributed by atoms with Crippen LogP contribution < -0.4 is 10.6 Å². The van der Waals surface area contributed by atoms with E-state index in [0.29, 0.717) is 0 Å². The molecule has 0 saturated heterocycles. The second-order valence-electron chi connectivity index (χ2n) is 3.25. The molecule has 0 bridgehead atoms. The van der Waals surface area contributed by atoms with E-state index in [-0.39, 0.29) is 30.9 Å². The minimum absolute atomic E-state index is 0. The van der Waals surface area contributed by atoms with Gasteiger partial charge in [-0.25, -0.2) is 0 Å². The molecule has 0 unspecified atom stereocenters. The molecule has 1 aromatic carbocycles. The van der Waals surface area contributed by atoms with Gasteiger partial charge in [-0.2, -0.15) is 0 Å². The van der Waals surface area contributed by atoms with Crippen LogP contribution in [0.4, 0.5) is 5.69 Å². The number of hydrogen-bond donors (Lipinski definition) is 1. The molecule has 0 aliphatic carbocycles. The fourth-order valence-corrected chi connectivity index (χ4v) is 1.13. The molecule has 2 nitrogen and oxygen atoms in total. The Kier molecular flexibility index (Phi) is 8.44. The number of nitrogens with zero attached hydrogens (tertiary/aromatic N) is 1. The molecule has 0 spiro atoms. The largest absolute Gasteiger partial charge is 0.378 e. The lowest BCUT2D eigenvalue weighted by molar-refractivity contribution is 0.913. The molecule has 2 N–H and O–H groups in total. The van der Waals surface area contributed by atoms with Crippen molar-refractivity contribution < 1.29 is 0 Å². The van der Waals surface area contributed by atoms with Gasteiger partial charge < -0.3 is 10.6 Å². The predicted octanol–water partition coefficient (Wildman–Crippen LogP) is 2.78. The molecule has 1 aromatic rings. The number of anilines is 1. The first kappa shape index (κ1) is 16.7. The topological polar surface area (TPSA) is 29.3 Å². The maximum atomic E-state index is 5.79. The lowest BCUT2D eigenvalue weighted by Crippen LogP contribution is -2.10. The monoisotopic (exact) mass is 248 g/mol. The average Bonchev–Trinajstić information content (AvgIpc) is 2.17. The molecular formula is C11H18Cl2N2. The first-order valence-corrected chi connectivity index (χ1v) is 4.30. The smallest absolute Gasteiger partial charge is 0.0478 e. The van der Waals surface area contributed by atoms with Gasteiger partial charge in [0.25, 0.3) is 0 Å². The van der Waals surface area contributed by atoms with E-state index in [1.54, 1.807) is 6.08 Å². The maximum Gasteiger partial charge on any atom is 0.0478 e. The summed E-state index contributed by atoms with van der Waals surface area (Å²) in [6, 6.07) is 8.11. The van der Waals surface area contributed by atoms with Gasteiger partial charge in [0.2, 0.25) is 0 Å². The van der Waals surface area contributed by atoms with Crippen molar-refractivity contribution in [2.45, 2.75) is 6.04 Å². The van der Waals surface area contributed by atoms with Crippen LogP contribution in [-0.2, 0) is 0 Å². The van der Waals surface area contributed by atoms with Gasteiger partial charge in [-0.3, -0.25) is 0 Å². The first-order valence-electron chi connectivity index (χ1n) is 4.30. The summed E-state index contributed by atoms with van der Waals surface area (Å²) in [7, 11) is 4.03. The van der Waals surface area contributed by atoms with E-state index < -0.39 is 0 Å². The second-order valence-corrected chi connectivity index (χ2v) is 3.25. The van der Waals surface area contributed by atoms with Crippen molar-refractivity contribution >= 4 is 30.5 Å². The van der Waals surface area contributed by atoms with Gasteiger partial charge in [-0.05, 0) is 17.7 Å². The standard InChI is InChI=1S/C11H16N2.2ClH/c1-4-11(12)9-5-7-10(8-6-9)13(2)3;;/h4-8,11H,1,12H2,2-3H3;2*1H/t11-;;/m0../s1. The van der Waals surface area contributed by atoms with Crippen LogP contribution in [0.1, 0.15) is 11.6 Å². The molecule has 0 amide bonds. The van der Waals surface area contributed by atoms with Gasteiger partial charge in [0, 0.05) is 25.8 Å². The number of benzene rings is 1. The molecule has 0 aromatic heterocycles. The minimum atomic E-state index is -0.0591. The van der Waals surface area contributed by atoms with Crippen LogP contribution in [0.5, 0.6) is 0 Å². The summed E-state index contributed by atoms with van der Waals surface area (Å²) in [5, 5.41) is 0. The summed E-state index contributed by atoms with van der Waals surface area (Å²) < 4.78 is 0. The third kappa shape index (κ3) is 4.56. The number of nitrogens with two attached hydrogens (primary N) is 1. The van der Waals surface area contributed by atoms with E-state index in [1.807, 2.05) is 26.2 Å². The van der Waals surface area contributed by atoms with Gasteiger partial charge in [0.15, 0.2) is 0 Å². The molecule has 0 aliphatic heterocycles. The van der Waals surface area contributed by atoms with Crippen LogP contribution in [0.2, 0.25) is 0 Å². The molecule has 86 valence electrons. The highest BCUT2D eigenvalue weighted by atomic mass is 35.5.